The Bertz CT molecular complexity index is 411. The third-order valence-corrected chi connectivity index (χ3v) is 4.69. The van der Waals surface area contributed by atoms with Crippen molar-refractivity contribution in [1.82, 2.24) is 0 Å². The summed E-state index contributed by atoms with van der Waals surface area (Å²) in [5.41, 5.74) is 2.09. The number of hydrogen-bond acceptors (Lipinski definition) is 0. The number of rotatable bonds is 5. The van der Waals surface area contributed by atoms with Gasteiger partial charge in [0.2, 0.25) is 0 Å². The van der Waals surface area contributed by atoms with Gasteiger partial charge < -0.3 is 0 Å². The average Bonchev–Trinajstić information content (AvgIpc) is 2.46. The van der Waals surface area contributed by atoms with Crippen molar-refractivity contribution >= 4 is 0 Å². The number of hydrogen-bond donors (Lipinski definition) is 0. The molecule has 0 atom stereocenters. The van der Waals surface area contributed by atoms with Crippen molar-refractivity contribution in [3.8, 4) is 0 Å². The van der Waals surface area contributed by atoms with Gasteiger partial charge in [0.15, 0.2) is 0 Å². The van der Waals surface area contributed by atoms with E-state index in [9.17, 15) is 13.2 Å². The lowest BCUT2D eigenvalue weighted by Crippen LogP contribution is -2.13. The van der Waals surface area contributed by atoms with Crippen molar-refractivity contribution in [2.45, 2.75) is 70.4 Å². The van der Waals surface area contributed by atoms with Gasteiger partial charge >= 0.3 is 6.18 Å². The van der Waals surface area contributed by atoms with E-state index in [1.54, 1.807) is 0 Å². The van der Waals surface area contributed by atoms with E-state index in [1.807, 2.05) is 24.3 Å². The monoisotopic (exact) mass is 298 g/mol. The summed E-state index contributed by atoms with van der Waals surface area (Å²) in [7, 11) is 0. The molecule has 21 heavy (non-hydrogen) atoms. The van der Waals surface area contributed by atoms with Crippen LogP contribution < -0.4 is 0 Å². The molecule has 0 saturated heterocycles. The summed E-state index contributed by atoms with van der Waals surface area (Å²) < 4.78 is 36.6. The Balaban J connectivity index is 1.85. The van der Waals surface area contributed by atoms with Crippen LogP contribution in [-0.2, 0) is 6.42 Å². The van der Waals surface area contributed by atoms with E-state index in [2.05, 4.69) is 6.92 Å². The molecule has 3 heteroatoms. The van der Waals surface area contributed by atoms with E-state index in [1.165, 1.54) is 44.1 Å². The Morgan fingerprint density at radius 1 is 1.00 bits per heavy atom. The van der Waals surface area contributed by atoms with Crippen LogP contribution in [0.1, 0.15) is 68.9 Å². The molecule has 0 radical (unpaired) electrons. The van der Waals surface area contributed by atoms with Crippen LogP contribution in [0.25, 0.3) is 0 Å². The third-order valence-electron chi connectivity index (χ3n) is 4.69. The third kappa shape index (κ3) is 5.37. The first-order chi connectivity index (χ1) is 9.98. The van der Waals surface area contributed by atoms with E-state index >= 15 is 0 Å². The summed E-state index contributed by atoms with van der Waals surface area (Å²) >= 11 is 0. The van der Waals surface area contributed by atoms with Crippen LogP contribution in [0.5, 0.6) is 0 Å². The minimum absolute atomic E-state index is 0.0903. The van der Waals surface area contributed by atoms with Crippen molar-refractivity contribution < 1.29 is 13.2 Å². The summed E-state index contributed by atoms with van der Waals surface area (Å²) in [6, 6.07) is 7.82. The molecule has 0 spiro atoms. The zero-order valence-electron chi connectivity index (χ0n) is 12.8. The van der Waals surface area contributed by atoms with Gasteiger partial charge in [0.1, 0.15) is 0 Å². The largest absolute Gasteiger partial charge is 0.389 e. The average molecular weight is 298 g/mol. The first-order valence-electron chi connectivity index (χ1n) is 8.13. The minimum Gasteiger partial charge on any atom is -0.171 e. The second-order valence-corrected chi connectivity index (χ2v) is 6.36. The van der Waals surface area contributed by atoms with Crippen molar-refractivity contribution in [3.05, 3.63) is 35.4 Å². The van der Waals surface area contributed by atoms with Crippen molar-refractivity contribution in [1.29, 1.82) is 0 Å². The number of benzene rings is 1. The number of halogens is 3. The highest BCUT2D eigenvalue weighted by Crippen LogP contribution is 2.37. The van der Waals surface area contributed by atoms with Gasteiger partial charge in [-0.25, -0.2) is 0 Å². The first-order valence-corrected chi connectivity index (χ1v) is 8.13. The van der Waals surface area contributed by atoms with Crippen molar-refractivity contribution in [2.75, 3.05) is 0 Å². The van der Waals surface area contributed by atoms with Gasteiger partial charge in [0.25, 0.3) is 0 Å². The van der Waals surface area contributed by atoms with Crippen LogP contribution >= 0.6 is 0 Å². The SMILES string of the molecule is CCCC1CCC(c2ccc(CCC(F)(F)F)cc2)CC1. The maximum atomic E-state index is 12.2. The zero-order chi connectivity index (χ0) is 15.3. The quantitative estimate of drug-likeness (QED) is 0.602. The van der Waals surface area contributed by atoms with Crippen LogP contribution in [0, 0.1) is 5.92 Å². The fourth-order valence-corrected chi connectivity index (χ4v) is 3.44. The number of alkyl halides is 3. The smallest absolute Gasteiger partial charge is 0.171 e. The van der Waals surface area contributed by atoms with Crippen LogP contribution in [0.3, 0.4) is 0 Å². The Kier molecular flexibility index (Phi) is 5.72. The van der Waals surface area contributed by atoms with Crippen LogP contribution in [-0.4, -0.2) is 6.18 Å². The van der Waals surface area contributed by atoms with Crippen LogP contribution in [0.15, 0.2) is 24.3 Å². The molecule has 118 valence electrons. The molecular weight excluding hydrogens is 273 g/mol. The molecule has 1 saturated carbocycles. The lowest BCUT2D eigenvalue weighted by atomic mass is 9.77. The molecule has 0 aromatic heterocycles. The molecule has 1 aliphatic carbocycles. The predicted octanol–water partition coefficient (Wildman–Crippen LogP) is 6.26. The molecule has 0 aliphatic heterocycles. The molecule has 0 bridgehead atoms. The fraction of sp³-hybridized carbons (Fsp3) is 0.667. The van der Waals surface area contributed by atoms with E-state index in [-0.39, 0.29) is 6.42 Å². The van der Waals surface area contributed by atoms with Crippen LogP contribution in [0.2, 0.25) is 0 Å². The van der Waals surface area contributed by atoms with E-state index in [0.717, 1.165) is 11.5 Å². The molecule has 0 amide bonds. The molecule has 1 aromatic carbocycles. The summed E-state index contributed by atoms with van der Waals surface area (Å²) in [5.74, 6) is 1.49. The zero-order valence-corrected chi connectivity index (χ0v) is 12.8. The first kappa shape index (κ1) is 16.4. The molecule has 1 fully saturated rings. The molecule has 2 rings (SSSR count). The van der Waals surface area contributed by atoms with E-state index < -0.39 is 12.6 Å². The van der Waals surface area contributed by atoms with Gasteiger partial charge in [-0.2, -0.15) is 13.2 Å². The molecule has 1 aliphatic rings. The normalized spacial score (nSPS) is 23.2. The maximum absolute atomic E-state index is 12.2. The molecule has 0 N–H and O–H groups in total. The summed E-state index contributed by atoms with van der Waals surface area (Å²) in [6.07, 6.45) is 2.96. The molecule has 1 aromatic rings. The lowest BCUT2D eigenvalue weighted by Gasteiger charge is -2.28. The minimum atomic E-state index is -4.06. The fourth-order valence-electron chi connectivity index (χ4n) is 3.44. The van der Waals surface area contributed by atoms with Crippen molar-refractivity contribution in [3.63, 3.8) is 0 Å². The van der Waals surface area contributed by atoms with Gasteiger partial charge in [-0.05, 0) is 55.1 Å². The van der Waals surface area contributed by atoms with Gasteiger partial charge in [0, 0.05) is 6.42 Å². The Morgan fingerprint density at radius 2 is 1.62 bits per heavy atom. The van der Waals surface area contributed by atoms with Crippen LogP contribution in [0.4, 0.5) is 13.2 Å². The number of aryl methyl sites for hydroxylation is 1. The molecule has 0 unspecified atom stereocenters. The Labute approximate surface area is 125 Å². The van der Waals surface area contributed by atoms with Gasteiger partial charge in [0.05, 0.1) is 0 Å². The van der Waals surface area contributed by atoms with Gasteiger partial charge in [-0.15, -0.1) is 0 Å². The highest BCUT2D eigenvalue weighted by atomic mass is 19.4. The summed E-state index contributed by atoms with van der Waals surface area (Å²) in [6.45, 7) is 2.24. The molecule has 0 nitrogen and oxygen atoms in total. The second kappa shape index (κ2) is 7.33. The standard InChI is InChI=1S/C18H25F3/c1-2-3-14-4-8-16(9-5-14)17-10-6-15(7-11-17)12-13-18(19,20)21/h6-7,10-11,14,16H,2-5,8-9,12-13H2,1H3. The van der Waals surface area contributed by atoms with Gasteiger partial charge in [-0.1, -0.05) is 44.0 Å². The summed E-state index contributed by atoms with van der Waals surface area (Å²) in [4.78, 5) is 0. The van der Waals surface area contributed by atoms with Gasteiger partial charge in [-0.3, -0.25) is 0 Å². The highest BCUT2D eigenvalue weighted by molar-refractivity contribution is 5.26. The molecular formula is C18H25F3. The topological polar surface area (TPSA) is 0 Å². The Hall–Kier alpha value is -0.990. The second-order valence-electron chi connectivity index (χ2n) is 6.36. The lowest BCUT2D eigenvalue weighted by molar-refractivity contribution is -0.133. The molecule has 0 heterocycles. The Morgan fingerprint density at radius 3 is 2.14 bits per heavy atom. The summed E-state index contributed by atoms with van der Waals surface area (Å²) in [5, 5.41) is 0. The maximum Gasteiger partial charge on any atom is 0.389 e. The highest BCUT2D eigenvalue weighted by Gasteiger charge is 2.26. The predicted molar refractivity (Wildman–Crippen MR) is 80.4 cm³/mol. The van der Waals surface area contributed by atoms with E-state index in [0.29, 0.717) is 5.92 Å². The van der Waals surface area contributed by atoms with E-state index in [4.69, 9.17) is 0 Å². The van der Waals surface area contributed by atoms with Crippen molar-refractivity contribution in [2.24, 2.45) is 5.92 Å².